The summed E-state index contributed by atoms with van der Waals surface area (Å²) in [4.78, 5) is 6.80. The van der Waals surface area contributed by atoms with Crippen LogP contribution in [0.4, 0.5) is 0 Å². The molecule has 1 aromatic heterocycles. The molecule has 3 heteroatoms. The molecular weight excluding hydrogens is 152 g/mol. The highest BCUT2D eigenvalue weighted by atomic mass is 16.3. The van der Waals surface area contributed by atoms with E-state index in [1.807, 2.05) is 0 Å². The predicted molar refractivity (Wildman–Crippen MR) is 46.2 cm³/mol. The molecule has 0 aliphatic carbocycles. The Labute approximate surface area is 71.8 Å². The van der Waals surface area contributed by atoms with Gasteiger partial charge in [-0.2, -0.15) is 0 Å². The molecule has 0 amide bonds. The van der Waals surface area contributed by atoms with Crippen LogP contribution in [0.15, 0.2) is 12.4 Å². The lowest BCUT2D eigenvalue weighted by Gasteiger charge is -2.03. The first-order valence-corrected chi connectivity index (χ1v) is 3.91. The Bertz CT molecular complexity index is 268. The Morgan fingerprint density at radius 3 is 3.17 bits per heavy atom. The Morgan fingerprint density at radius 2 is 2.58 bits per heavy atom. The summed E-state index contributed by atoms with van der Waals surface area (Å²) < 4.78 is 0. The zero-order valence-electron chi connectivity index (χ0n) is 7.04. The second-order valence-electron chi connectivity index (χ2n) is 2.46. The van der Waals surface area contributed by atoms with Gasteiger partial charge in [-0.1, -0.05) is 0 Å². The minimum absolute atomic E-state index is 0.513. The molecule has 0 saturated carbocycles. The van der Waals surface area contributed by atoms with Crippen LogP contribution in [-0.4, -0.2) is 15.1 Å². The van der Waals surface area contributed by atoms with Crippen molar-refractivity contribution in [2.24, 2.45) is 0 Å². The van der Waals surface area contributed by atoms with Gasteiger partial charge in [-0.3, -0.25) is 0 Å². The molecule has 12 heavy (non-hydrogen) atoms. The maximum atomic E-state index is 9.47. The third-order valence-corrected chi connectivity index (χ3v) is 1.55. The van der Waals surface area contributed by atoms with Crippen LogP contribution in [-0.2, 0) is 0 Å². The summed E-state index contributed by atoms with van der Waals surface area (Å²) in [6.07, 6.45) is 4.15. The molecule has 0 bridgehead atoms. The number of aliphatic hydroxyl groups excluding tert-OH is 1. The molecule has 2 N–H and O–H groups in total. The number of nitrogens with one attached hydrogen (secondary N) is 1. The molecule has 0 aromatic carbocycles. The first kappa shape index (κ1) is 8.82. The maximum Gasteiger partial charge on any atom is 0.135 e. The molecule has 1 heterocycles. The van der Waals surface area contributed by atoms with Gasteiger partial charge in [0, 0.05) is 18.8 Å². The number of aliphatic hydroxyl groups is 1. The number of aromatic nitrogens is 2. The van der Waals surface area contributed by atoms with E-state index in [9.17, 15) is 5.11 Å². The van der Waals surface area contributed by atoms with Crippen LogP contribution >= 0.6 is 0 Å². The highest BCUT2D eigenvalue weighted by Gasteiger charge is 2.07. The predicted octanol–water partition coefficient (Wildman–Crippen LogP) is 1.25. The normalized spacial score (nSPS) is 11.8. The molecule has 1 unspecified atom stereocenters. The smallest absolute Gasteiger partial charge is 0.135 e. The van der Waals surface area contributed by atoms with Gasteiger partial charge in [0.25, 0.3) is 0 Å². The van der Waals surface area contributed by atoms with Crippen molar-refractivity contribution in [2.45, 2.75) is 25.9 Å². The molecular formula is C9H12N2O. The Hall–Kier alpha value is -1.27. The van der Waals surface area contributed by atoms with Crippen LogP contribution in [0.1, 0.15) is 31.7 Å². The summed E-state index contributed by atoms with van der Waals surface area (Å²) in [6, 6.07) is 0. The van der Waals surface area contributed by atoms with E-state index >= 15 is 0 Å². The van der Waals surface area contributed by atoms with E-state index in [1.165, 1.54) is 0 Å². The van der Waals surface area contributed by atoms with E-state index in [0.717, 1.165) is 0 Å². The fourth-order valence-corrected chi connectivity index (χ4v) is 0.930. The van der Waals surface area contributed by atoms with Crippen LogP contribution in [0.3, 0.4) is 0 Å². The topological polar surface area (TPSA) is 48.9 Å². The van der Waals surface area contributed by atoms with Crippen molar-refractivity contribution in [2.75, 3.05) is 0 Å². The second-order valence-corrected chi connectivity index (χ2v) is 2.46. The summed E-state index contributed by atoms with van der Waals surface area (Å²) in [6.45, 7) is 1.79. The van der Waals surface area contributed by atoms with Crippen LogP contribution in [0.2, 0.25) is 0 Å². The lowest BCUT2D eigenvalue weighted by molar-refractivity contribution is 0.160. The van der Waals surface area contributed by atoms with Crippen molar-refractivity contribution in [3.8, 4) is 11.8 Å². The standard InChI is InChI=1S/C9H12N2O/c1-2-3-4-5-8(12)9-10-6-7-11-9/h6-8,12H,4-5H2,1H3,(H,10,11). The third-order valence-electron chi connectivity index (χ3n) is 1.55. The minimum Gasteiger partial charge on any atom is -0.385 e. The summed E-state index contributed by atoms with van der Waals surface area (Å²) in [7, 11) is 0. The number of hydrogen-bond acceptors (Lipinski definition) is 2. The van der Waals surface area contributed by atoms with Crippen molar-refractivity contribution in [3.63, 3.8) is 0 Å². The second kappa shape index (κ2) is 4.58. The van der Waals surface area contributed by atoms with Crippen LogP contribution in [0, 0.1) is 11.8 Å². The first-order chi connectivity index (χ1) is 5.84. The van der Waals surface area contributed by atoms with E-state index in [0.29, 0.717) is 18.7 Å². The van der Waals surface area contributed by atoms with E-state index in [1.54, 1.807) is 19.3 Å². The molecule has 1 aromatic rings. The molecule has 1 rings (SSSR count). The molecule has 0 aliphatic rings. The first-order valence-electron chi connectivity index (χ1n) is 3.91. The maximum absolute atomic E-state index is 9.47. The lowest BCUT2D eigenvalue weighted by atomic mass is 10.2. The highest BCUT2D eigenvalue weighted by Crippen LogP contribution is 2.12. The van der Waals surface area contributed by atoms with Crippen molar-refractivity contribution in [1.82, 2.24) is 9.97 Å². The Morgan fingerprint density at radius 1 is 1.75 bits per heavy atom. The number of hydrogen-bond donors (Lipinski definition) is 2. The zero-order chi connectivity index (χ0) is 8.81. The Kier molecular flexibility index (Phi) is 3.36. The van der Waals surface area contributed by atoms with Gasteiger partial charge in [0.2, 0.25) is 0 Å². The molecule has 0 radical (unpaired) electrons. The van der Waals surface area contributed by atoms with Crippen molar-refractivity contribution >= 4 is 0 Å². The number of nitrogens with zero attached hydrogens (tertiary/aromatic N) is 1. The number of imidazole rings is 1. The van der Waals surface area contributed by atoms with Gasteiger partial charge in [0.15, 0.2) is 0 Å². The highest BCUT2D eigenvalue weighted by molar-refractivity contribution is 4.98. The lowest BCUT2D eigenvalue weighted by Crippen LogP contribution is -1.98. The van der Waals surface area contributed by atoms with Crippen molar-refractivity contribution in [3.05, 3.63) is 18.2 Å². The SMILES string of the molecule is CC#CCCC(O)c1ncc[nH]1. The summed E-state index contributed by atoms with van der Waals surface area (Å²) in [5.74, 6) is 6.28. The molecule has 0 aliphatic heterocycles. The van der Waals surface area contributed by atoms with E-state index in [-0.39, 0.29) is 0 Å². The van der Waals surface area contributed by atoms with Crippen LogP contribution in [0.5, 0.6) is 0 Å². The van der Waals surface area contributed by atoms with Crippen LogP contribution in [0.25, 0.3) is 0 Å². The van der Waals surface area contributed by atoms with E-state index in [4.69, 9.17) is 0 Å². The van der Waals surface area contributed by atoms with Gasteiger partial charge in [0.05, 0.1) is 0 Å². The molecule has 3 nitrogen and oxygen atoms in total. The van der Waals surface area contributed by atoms with E-state index in [2.05, 4.69) is 21.8 Å². The fourth-order valence-electron chi connectivity index (χ4n) is 0.930. The van der Waals surface area contributed by atoms with Gasteiger partial charge < -0.3 is 10.1 Å². The van der Waals surface area contributed by atoms with Gasteiger partial charge in [-0.05, 0) is 13.3 Å². The molecule has 1 atom stereocenters. The summed E-state index contributed by atoms with van der Waals surface area (Å²) in [5, 5.41) is 9.47. The molecule has 0 fully saturated rings. The van der Waals surface area contributed by atoms with Gasteiger partial charge >= 0.3 is 0 Å². The summed E-state index contributed by atoms with van der Waals surface area (Å²) >= 11 is 0. The fraction of sp³-hybridized carbons (Fsp3) is 0.444. The van der Waals surface area contributed by atoms with Crippen molar-refractivity contribution < 1.29 is 5.11 Å². The number of H-pyrrole nitrogens is 1. The molecule has 0 spiro atoms. The average molecular weight is 164 g/mol. The Balaban J connectivity index is 2.37. The van der Waals surface area contributed by atoms with Gasteiger partial charge in [-0.25, -0.2) is 4.98 Å². The molecule has 64 valence electrons. The van der Waals surface area contributed by atoms with Gasteiger partial charge in [0.1, 0.15) is 11.9 Å². The number of aromatic amines is 1. The third kappa shape index (κ3) is 2.40. The molecule has 0 saturated heterocycles. The zero-order valence-corrected chi connectivity index (χ0v) is 7.04. The van der Waals surface area contributed by atoms with Crippen molar-refractivity contribution in [1.29, 1.82) is 0 Å². The largest absolute Gasteiger partial charge is 0.385 e. The van der Waals surface area contributed by atoms with Gasteiger partial charge in [-0.15, -0.1) is 11.8 Å². The monoisotopic (exact) mass is 164 g/mol. The quantitative estimate of drug-likeness (QED) is 0.660. The van der Waals surface area contributed by atoms with E-state index < -0.39 is 6.10 Å². The average Bonchev–Trinajstić information content (AvgIpc) is 2.56. The van der Waals surface area contributed by atoms with Crippen LogP contribution < -0.4 is 0 Å². The minimum atomic E-state index is -0.513. The summed E-state index contributed by atoms with van der Waals surface area (Å²) in [5.41, 5.74) is 0. The number of rotatable bonds is 3.